The quantitative estimate of drug-likeness (QED) is 0.737. The average Bonchev–Trinajstić information content (AvgIpc) is 2.54. The monoisotopic (exact) mass is 375 g/mol. The number of nitrogens with zero attached hydrogens (tertiary/aromatic N) is 1. The number of carbonyl (C=O) groups is 1. The molecule has 0 spiro atoms. The number of hydrogen-bond donors (Lipinski definition) is 2. The molecule has 1 fully saturated rings. The maximum Gasteiger partial charge on any atom is 0.251 e. The van der Waals surface area contributed by atoms with Crippen LogP contribution in [0.2, 0.25) is 0 Å². The lowest BCUT2D eigenvalue weighted by Gasteiger charge is -2.30. The first-order valence-electron chi connectivity index (χ1n) is 7.43. The molecular formula is C14H21N3O5S2. The van der Waals surface area contributed by atoms with E-state index in [2.05, 4.69) is 10.0 Å². The molecule has 1 aromatic rings. The molecule has 0 bridgehead atoms. The third kappa shape index (κ3) is 4.53. The van der Waals surface area contributed by atoms with E-state index in [4.69, 9.17) is 0 Å². The zero-order valence-corrected chi connectivity index (χ0v) is 15.2. The molecule has 2 N–H and O–H groups in total. The highest BCUT2D eigenvalue weighted by molar-refractivity contribution is 7.89. The molecule has 1 aliphatic rings. The molecule has 8 nitrogen and oxygen atoms in total. The van der Waals surface area contributed by atoms with E-state index in [1.807, 2.05) is 0 Å². The van der Waals surface area contributed by atoms with E-state index in [0.717, 1.165) is 0 Å². The van der Waals surface area contributed by atoms with E-state index in [0.29, 0.717) is 25.9 Å². The van der Waals surface area contributed by atoms with Crippen molar-refractivity contribution in [2.45, 2.75) is 23.8 Å². The molecule has 1 heterocycles. The number of nitrogens with one attached hydrogen (secondary N) is 2. The molecule has 134 valence electrons. The Bertz CT molecular complexity index is 813. The van der Waals surface area contributed by atoms with Crippen molar-refractivity contribution in [3.8, 4) is 0 Å². The van der Waals surface area contributed by atoms with Crippen LogP contribution < -0.4 is 10.0 Å². The number of amides is 1. The van der Waals surface area contributed by atoms with E-state index in [9.17, 15) is 21.6 Å². The molecular weight excluding hydrogens is 354 g/mol. The van der Waals surface area contributed by atoms with Crippen LogP contribution in [-0.2, 0) is 20.0 Å². The Morgan fingerprint density at radius 3 is 2.33 bits per heavy atom. The van der Waals surface area contributed by atoms with E-state index in [1.165, 1.54) is 41.9 Å². The number of sulfonamides is 2. The summed E-state index contributed by atoms with van der Waals surface area (Å²) in [5.41, 5.74) is 0.247. The van der Waals surface area contributed by atoms with Crippen molar-refractivity contribution in [1.29, 1.82) is 0 Å². The van der Waals surface area contributed by atoms with Gasteiger partial charge in [0, 0.05) is 24.7 Å². The minimum atomic E-state index is -3.61. The van der Waals surface area contributed by atoms with E-state index in [-0.39, 0.29) is 22.4 Å². The third-order valence-electron chi connectivity index (χ3n) is 3.93. The Morgan fingerprint density at radius 2 is 1.79 bits per heavy atom. The Labute approximate surface area is 142 Å². The van der Waals surface area contributed by atoms with Crippen LogP contribution in [0.25, 0.3) is 0 Å². The van der Waals surface area contributed by atoms with Gasteiger partial charge in [-0.1, -0.05) is 6.07 Å². The van der Waals surface area contributed by atoms with Crippen molar-refractivity contribution in [3.05, 3.63) is 29.8 Å². The van der Waals surface area contributed by atoms with Crippen LogP contribution in [0.1, 0.15) is 23.2 Å². The van der Waals surface area contributed by atoms with Gasteiger partial charge < -0.3 is 5.32 Å². The van der Waals surface area contributed by atoms with Gasteiger partial charge in [-0.05, 0) is 38.1 Å². The van der Waals surface area contributed by atoms with E-state index < -0.39 is 20.0 Å². The summed E-state index contributed by atoms with van der Waals surface area (Å²) < 4.78 is 50.1. The van der Waals surface area contributed by atoms with Crippen LogP contribution >= 0.6 is 0 Å². The van der Waals surface area contributed by atoms with Crippen molar-refractivity contribution < 1.29 is 21.6 Å². The molecule has 1 amide bonds. The second-order valence-corrected chi connectivity index (χ2v) is 9.51. The van der Waals surface area contributed by atoms with Crippen LogP contribution in [0.4, 0.5) is 0 Å². The Kier molecular flexibility index (Phi) is 5.63. The molecule has 0 radical (unpaired) electrons. The van der Waals surface area contributed by atoms with Gasteiger partial charge in [-0.2, -0.15) is 0 Å². The average molecular weight is 375 g/mol. The topological polar surface area (TPSA) is 113 Å². The highest BCUT2D eigenvalue weighted by atomic mass is 32.2. The van der Waals surface area contributed by atoms with Gasteiger partial charge in [-0.25, -0.2) is 25.9 Å². The van der Waals surface area contributed by atoms with Crippen molar-refractivity contribution >= 4 is 26.0 Å². The standard InChI is InChI=1S/C14H21N3O5S2/c1-15-24(21,22)13-5-3-4-11(10-13)14(18)16-12-6-8-17(9-7-12)23(2,19)20/h3-5,10,12,15H,6-9H2,1-2H3,(H,16,18). The number of carbonyl (C=O) groups excluding carboxylic acids is 1. The lowest BCUT2D eigenvalue weighted by molar-refractivity contribution is 0.0923. The van der Waals surface area contributed by atoms with Gasteiger partial charge in [0.05, 0.1) is 11.2 Å². The zero-order valence-electron chi connectivity index (χ0n) is 13.5. The second kappa shape index (κ2) is 7.18. The van der Waals surface area contributed by atoms with Crippen LogP contribution in [0.3, 0.4) is 0 Å². The zero-order chi connectivity index (χ0) is 18.0. The molecule has 0 unspecified atom stereocenters. The first-order chi connectivity index (χ1) is 11.1. The lowest BCUT2D eigenvalue weighted by Crippen LogP contribution is -2.46. The van der Waals surface area contributed by atoms with Gasteiger partial charge in [0.1, 0.15) is 0 Å². The summed E-state index contributed by atoms with van der Waals surface area (Å²) in [4.78, 5) is 12.3. The molecule has 1 aliphatic heterocycles. The van der Waals surface area contributed by atoms with Crippen molar-refractivity contribution in [1.82, 2.24) is 14.3 Å². The minimum absolute atomic E-state index is 0.0181. The molecule has 10 heteroatoms. The van der Waals surface area contributed by atoms with Gasteiger partial charge in [-0.3, -0.25) is 4.79 Å². The van der Waals surface area contributed by atoms with Crippen LogP contribution in [0.5, 0.6) is 0 Å². The van der Waals surface area contributed by atoms with E-state index >= 15 is 0 Å². The fourth-order valence-electron chi connectivity index (χ4n) is 2.52. The Balaban J connectivity index is 2.03. The molecule has 0 aliphatic carbocycles. The van der Waals surface area contributed by atoms with E-state index in [1.54, 1.807) is 0 Å². The van der Waals surface area contributed by atoms with Crippen molar-refractivity contribution in [2.75, 3.05) is 26.4 Å². The van der Waals surface area contributed by atoms with Crippen molar-refractivity contribution in [3.63, 3.8) is 0 Å². The first-order valence-corrected chi connectivity index (χ1v) is 10.8. The summed E-state index contributed by atoms with van der Waals surface area (Å²) >= 11 is 0. The maximum atomic E-state index is 12.3. The second-order valence-electron chi connectivity index (χ2n) is 5.65. The van der Waals surface area contributed by atoms with Crippen molar-refractivity contribution in [2.24, 2.45) is 0 Å². The summed E-state index contributed by atoms with van der Waals surface area (Å²) in [6.07, 6.45) is 2.21. The molecule has 1 saturated heterocycles. The van der Waals surface area contributed by atoms with Crippen LogP contribution in [-0.4, -0.2) is 59.5 Å². The predicted octanol–water partition coefficient (Wildman–Crippen LogP) is -0.251. The molecule has 0 atom stereocenters. The van der Waals surface area contributed by atoms with Crippen LogP contribution in [0, 0.1) is 0 Å². The predicted molar refractivity (Wildman–Crippen MR) is 89.6 cm³/mol. The fraction of sp³-hybridized carbons (Fsp3) is 0.500. The maximum absolute atomic E-state index is 12.3. The molecule has 1 aromatic carbocycles. The summed E-state index contributed by atoms with van der Waals surface area (Å²) in [7, 11) is -5.52. The highest BCUT2D eigenvalue weighted by Crippen LogP contribution is 2.15. The summed E-state index contributed by atoms with van der Waals surface area (Å²) in [5, 5.41) is 2.83. The smallest absolute Gasteiger partial charge is 0.251 e. The molecule has 0 saturated carbocycles. The Morgan fingerprint density at radius 1 is 1.17 bits per heavy atom. The number of hydrogen-bond acceptors (Lipinski definition) is 5. The lowest BCUT2D eigenvalue weighted by atomic mass is 10.1. The van der Waals surface area contributed by atoms with Gasteiger partial charge in [0.15, 0.2) is 0 Å². The number of rotatable bonds is 5. The minimum Gasteiger partial charge on any atom is -0.349 e. The number of piperidine rings is 1. The largest absolute Gasteiger partial charge is 0.349 e. The fourth-order valence-corrected chi connectivity index (χ4v) is 4.17. The van der Waals surface area contributed by atoms with Gasteiger partial charge in [0.2, 0.25) is 20.0 Å². The third-order valence-corrected chi connectivity index (χ3v) is 6.65. The van der Waals surface area contributed by atoms with Gasteiger partial charge in [0.25, 0.3) is 5.91 Å². The highest BCUT2D eigenvalue weighted by Gasteiger charge is 2.26. The van der Waals surface area contributed by atoms with Gasteiger partial charge >= 0.3 is 0 Å². The summed E-state index contributed by atoms with van der Waals surface area (Å²) in [6, 6.07) is 5.63. The van der Waals surface area contributed by atoms with Crippen LogP contribution in [0.15, 0.2) is 29.2 Å². The first kappa shape index (κ1) is 18.8. The SMILES string of the molecule is CNS(=O)(=O)c1cccc(C(=O)NC2CCN(S(C)(=O)=O)CC2)c1. The summed E-state index contributed by atoms with van der Waals surface area (Å²) in [5.74, 6) is -0.374. The molecule has 0 aromatic heterocycles. The summed E-state index contributed by atoms with van der Waals surface area (Å²) in [6.45, 7) is 0.718. The Hall–Kier alpha value is -1.49. The van der Waals surface area contributed by atoms with Gasteiger partial charge in [-0.15, -0.1) is 0 Å². The number of benzene rings is 1. The molecule has 2 rings (SSSR count). The molecule has 24 heavy (non-hydrogen) atoms. The normalized spacial score (nSPS) is 17.6.